The molecule has 0 fully saturated rings. The minimum Gasteiger partial charge on any atom is -0.481 e. The molecule has 15 heavy (non-hydrogen) atoms. The van der Waals surface area contributed by atoms with Gasteiger partial charge in [-0.3, -0.25) is 4.79 Å². The lowest BCUT2D eigenvalue weighted by atomic mass is 9.94. The molecule has 0 aromatic rings. The van der Waals surface area contributed by atoms with Crippen molar-refractivity contribution in [3.63, 3.8) is 0 Å². The number of rotatable bonds is 8. The molecule has 3 N–H and O–H groups in total. The number of ether oxygens (including phenoxy) is 1. The van der Waals surface area contributed by atoms with Crippen molar-refractivity contribution in [2.75, 3.05) is 13.2 Å². The smallest absolute Gasteiger partial charge is 0.307 e. The van der Waals surface area contributed by atoms with Crippen molar-refractivity contribution in [2.45, 2.75) is 39.7 Å². The molecule has 0 rings (SSSR count). The highest BCUT2D eigenvalue weighted by molar-refractivity contribution is 5.70. The van der Waals surface area contributed by atoms with Gasteiger partial charge in [-0.25, -0.2) is 0 Å². The molecule has 0 saturated carbocycles. The highest BCUT2D eigenvalue weighted by Crippen LogP contribution is 2.12. The second-order valence-electron chi connectivity index (χ2n) is 4.21. The Bertz CT molecular complexity index is 185. The van der Waals surface area contributed by atoms with Gasteiger partial charge in [0.25, 0.3) is 0 Å². The average Bonchev–Trinajstić information content (AvgIpc) is 2.16. The molecule has 0 saturated heterocycles. The summed E-state index contributed by atoms with van der Waals surface area (Å²) in [6.07, 6.45) is 1.70. The van der Waals surface area contributed by atoms with Crippen LogP contribution in [0.25, 0.3) is 0 Å². The van der Waals surface area contributed by atoms with E-state index in [4.69, 9.17) is 15.6 Å². The lowest BCUT2D eigenvalue weighted by Gasteiger charge is -2.20. The highest BCUT2D eigenvalue weighted by atomic mass is 16.5. The van der Waals surface area contributed by atoms with Gasteiger partial charge >= 0.3 is 5.97 Å². The Morgan fingerprint density at radius 2 is 2.07 bits per heavy atom. The predicted molar refractivity (Wildman–Crippen MR) is 59.7 cm³/mol. The summed E-state index contributed by atoms with van der Waals surface area (Å²) in [6.45, 7) is 7.15. The van der Waals surface area contributed by atoms with Gasteiger partial charge in [0.15, 0.2) is 0 Å². The molecule has 0 aliphatic heterocycles. The van der Waals surface area contributed by atoms with Crippen molar-refractivity contribution in [3.8, 4) is 0 Å². The fourth-order valence-corrected chi connectivity index (χ4v) is 1.35. The molecular weight excluding hydrogens is 194 g/mol. The van der Waals surface area contributed by atoms with Crippen LogP contribution in [0, 0.1) is 11.8 Å². The van der Waals surface area contributed by atoms with Gasteiger partial charge in [0.05, 0.1) is 5.92 Å². The predicted octanol–water partition coefficient (Wildman–Crippen LogP) is 1.49. The zero-order valence-corrected chi connectivity index (χ0v) is 9.90. The molecule has 4 heteroatoms. The van der Waals surface area contributed by atoms with Crippen molar-refractivity contribution in [1.82, 2.24) is 0 Å². The van der Waals surface area contributed by atoms with Crippen molar-refractivity contribution in [2.24, 2.45) is 17.6 Å². The van der Waals surface area contributed by atoms with Crippen molar-refractivity contribution in [3.05, 3.63) is 0 Å². The molecule has 3 atom stereocenters. The maximum absolute atomic E-state index is 10.7. The summed E-state index contributed by atoms with van der Waals surface area (Å²) in [4.78, 5) is 10.7. The Labute approximate surface area is 91.8 Å². The van der Waals surface area contributed by atoms with E-state index in [1.54, 1.807) is 6.92 Å². The second kappa shape index (κ2) is 7.65. The third kappa shape index (κ3) is 6.47. The van der Waals surface area contributed by atoms with Gasteiger partial charge in [-0.15, -0.1) is 0 Å². The fraction of sp³-hybridized carbons (Fsp3) is 0.909. The van der Waals surface area contributed by atoms with Gasteiger partial charge in [0.1, 0.15) is 0 Å². The van der Waals surface area contributed by atoms with Crippen molar-refractivity contribution in [1.29, 1.82) is 0 Å². The van der Waals surface area contributed by atoms with E-state index in [0.29, 0.717) is 18.9 Å². The van der Waals surface area contributed by atoms with Gasteiger partial charge in [-0.1, -0.05) is 20.8 Å². The Hall–Kier alpha value is -0.610. The van der Waals surface area contributed by atoms with Crippen molar-refractivity contribution < 1.29 is 14.6 Å². The molecule has 0 aliphatic rings. The largest absolute Gasteiger partial charge is 0.481 e. The SMILES string of the molecule is CCCOC[C@@H](C)C[C@H](N)C(C)C(=O)O. The van der Waals surface area contributed by atoms with Crippen LogP contribution in [0.5, 0.6) is 0 Å². The quantitative estimate of drug-likeness (QED) is 0.604. The summed E-state index contributed by atoms with van der Waals surface area (Å²) in [5.74, 6) is -1.00. The van der Waals surface area contributed by atoms with Crippen molar-refractivity contribution >= 4 is 5.97 Å². The van der Waals surface area contributed by atoms with Gasteiger partial charge in [0, 0.05) is 19.3 Å². The number of carboxylic acids is 1. The minimum absolute atomic E-state index is 0.289. The van der Waals surface area contributed by atoms with E-state index < -0.39 is 11.9 Å². The highest BCUT2D eigenvalue weighted by Gasteiger charge is 2.21. The van der Waals surface area contributed by atoms with Gasteiger partial charge in [-0.2, -0.15) is 0 Å². The Balaban J connectivity index is 3.75. The summed E-state index contributed by atoms with van der Waals surface area (Å²) >= 11 is 0. The minimum atomic E-state index is -0.829. The summed E-state index contributed by atoms with van der Waals surface area (Å²) in [6, 6.07) is -0.289. The first-order valence-electron chi connectivity index (χ1n) is 5.55. The topological polar surface area (TPSA) is 72.5 Å². The van der Waals surface area contributed by atoms with Crippen LogP contribution in [-0.4, -0.2) is 30.3 Å². The van der Waals surface area contributed by atoms with E-state index in [9.17, 15) is 4.79 Å². The molecule has 4 nitrogen and oxygen atoms in total. The van der Waals surface area contributed by atoms with E-state index in [1.165, 1.54) is 0 Å². The van der Waals surface area contributed by atoms with Crippen LogP contribution in [-0.2, 0) is 9.53 Å². The second-order valence-corrected chi connectivity index (χ2v) is 4.21. The van der Waals surface area contributed by atoms with Crippen LogP contribution in [0.2, 0.25) is 0 Å². The van der Waals surface area contributed by atoms with Crippen LogP contribution in [0.3, 0.4) is 0 Å². The summed E-state index contributed by atoms with van der Waals surface area (Å²) < 4.78 is 5.38. The van der Waals surface area contributed by atoms with Gasteiger partial charge in [0.2, 0.25) is 0 Å². The number of hydrogen-bond acceptors (Lipinski definition) is 3. The fourth-order valence-electron chi connectivity index (χ4n) is 1.35. The average molecular weight is 217 g/mol. The lowest BCUT2D eigenvalue weighted by Crippen LogP contribution is -2.35. The third-order valence-electron chi connectivity index (χ3n) is 2.46. The molecule has 0 bridgehead atoms. The first-order chi connectivity index (χ1) is 6.99. The van der Waals surface area contributed by atoms with E-state index in [1.807, 2.05) is 6.92 Å². The lowest BCUT2D eigenvalue weighted by molar-refractivity contribution is -0.141. The van der Waals surface area contributed by atoms with Crippen LogP contribution in [0.4, 0.5) is 0 Å². The van der Waals surface area contributed by atoms with Crippen LogP contribution < -0.4 is 5.73 Å². The number of hydrogen-bond donors (Lipinski definition) is 2. The van der Waals surface area contributed by atoms with E-state index >= 15 is 0 Å². The Morgan fingerprint density at radius 3 is 2.53 bits per heavy atom. The molecular formula is C11H23NO3. The number of carboxylic acid groups (broad SMARTS) is 1. The standard InChI is InChI=1S/C11H23NO3/c1-4-5-15-7-8(2)6-10(12)9(3)11(13)14/h8-10H,4-7,12H2,1-3H3,(H,13,14)/t8-,9?,10-/m0/s1. The number of carbonyl (C=O) groups is 1. The molecule has 90 valence electrons. The Kier molecular flexibility index (Phi) is 7.34. The first-order valence-corrected chi connectivity index (χ1v) is 5.55. The van der Waals surface area contributed by atoms with E-state index in [-0.39, 0.29) is 6.04 Å². The Morgan fingerprint density at radius 1 is 1.47 bits per heavy atom. The third-order valence-corrected chi connectivity index (χ3v) is 2.46. The molecule has 0 aliphatic carbocycles. The molecule has 0 aromatic heterocycles. The maximum Gasteiger partial charge on any atom is 0.307 e. The van der Waals surface area contributed by atoms with E-state index in [0.717, 1.165) is 13.0 Å². The molecule has 0 aromatic carbocycles. The van der Waals surface area contributed by atoms with Crippen LogP contribution in [0.15, 0.2) is 0 Å². The summed E-state index contributed by atoms with van der Waals surface area (Å²) in [7, 11) is 0. The molecule has 0 amide bonds. The maximum atomic E-state index is 10.7. The number of nitrogens with two attached hydrogens (primary N) is 1. The zero-order chi connectivity index (χ0) is 11.8. The summed E-state index contributed by atoms with van der Waals surface area (Å²) in [5.41, 5.74) is 5.79. The molecule has 0 spiro atoms. The molecule has 1 unspecified atom stereocenters. The van der Waals surface area contributed by atoms with Crippen LogP contribution >= 0.6 is 0 Å². The monoisotopic (exact) mass is 217 g/mol. The molecule has 0 heterocycles. The zero-order valence-electron chi connectivity index (χ0n) is 9.90. The van der Waals surface area contributed by atoms with Gasteiger partial charge < -0.3 is 15.6 Å². The van der Waals surface area contributed by atoms with Gasteiger partial charge in [-0.05, 0) is 18.8 Å². The van der Waals surface area contributed by atoms with Crippen LogP contribution in [0.1, 0.15) is 33.6 Å². The normalized spacial score (nSPS) is 17.1. The summed E-state index contributed by atoms with van der Waals surface area (Å²) in [5, 5.41) is 8.77. The first kappa shape index (κ1) is 14.4. The number of aliphatic carboxylic acids is 1. The van der Waals surface area contributed by atoms with E-state index in [2.05, 4.69) is 6.92 Å². The molecule has 0 radical (unpaired) electrons.